The third-order valence-electron chi connectivity index (χ3n) is 7.07. The number of nitrogens with zero attached hydrogens (tertiary/aromatic N) is 2. The first-order chi connectivity index (χ1) is 19.0. The van der Waals surface area contributed by atoms with Crippen LogP contribution in [0.2, 0.25) is 0 Å². The van der Waals surface area contributed by atoms with Gasteiger partial charge in [-0.2, -0.15) is 0 Å². The molecule has 0 saturated heterocycles. The standard InChI is InChI=1S/C32H41N3O4S/c1-7-26(6)33-32(37)30(8-2)34(21-27-15-9-23(3)10-16-27)31(36)22-35(28-17-11-24(4)12-18-28)40(38,39)29-19-13-25(5)14-20-29/h9-20,26,30H,7-8,21-22H2,1-6H3,(H,33,37). The molecule has 2 atom stereocenters. The number of sulfonamides is 1. The largest absolute Gasteiger partial charge is 0.352 e. The van der Waals surface area contributed by atoms with Gasteiger partial charge >= 0.3 is 0 Å². The summed E-state index contributed by atoms with van der Waals surface area (Å²) < 4.78 is 29.0. The van der Waals surface area contributed by atoms with Gasteiger partial charge in [0.25, 0.3) is 10.0 Å². The molecule has 0 bridgehead atoms. The number of benzene rings is 3. The third kappa shape index (κ3) is 7.72. The van der Waals surface area contributed by atoms with Crippen molar-refractivity contribution < 1.29 is 18.0 Å². The predicted octanol–water partition coefficient (Wildman–Crippen LogP) is 5.53. The van der Waals surface area contributed by atoms with E-state index in [0.717, 1.165) is 33.0 Å². The zero-order valence-corrected chi connectivity index (χ0v) is 25.2. The average Bonchev–Trinajstić information content (AvgIpc) is 2.93. The second-order valence-electron chi connectivity index (χ2n) is 10.4. The first kappa shape index (κ1) is 30.9. The van der Waals surface area contributed by atoms with Crippen molar-refractivity contribution in [2.24, 2.45) is 0 Å². The maximum absolute atomic E-state index is 14.1. The molecule has 3 rings (SSSR count). The summed E-state index contributed by atoms with van der Waals surface area (Å²) in [4.78, 5) is 29.0. The van der Waals surface area contributed by atoms with E-state index in [1.165, 1.54) is 4.90 Å². The summed E-state index contributed by atoms with van der Waals surface area (Å²) in [6.45, 7) is 11.3. The highest BCUT2D eigenvalue weighted by Gasteiger charge is 2.34. The Kier molecular flexibility index (Phi) is 10.5. The Morgan fingerprint density at radius 2 is 1.27 bits per heavy atom. The molecule has 40 heavy (non-hydrogen) atoms. The average molecular weight is 564 g/mol. The van der Waals surface area contributed by atoms with Crippen molar-refractivity contribution in [3.63, 3.8) is 0 Å². The maximum atomic E-state index is 14.1. The molecule has 0 aliphatic carbocycles. The van der Waals surface area contributed by atoms with Crippen LogP contribution in [0, 0.1) is 20.8 Å². The SMILES string of the molecule is CCC(C)NC(=O)C(CC)N(Cc1ccc(C)cc1)C(=O)CN(c1ccc(C)cc1)S(=O)(=O)c1ccc(C)cc1. The van der Waals surface area contributed by atoms with Crippen LogP contribution in [0.4, 0.5) is 5.69 Å². The summed E-state index contributed by atoms with van der Waals surface area (Å²) in [5.41, 5.74) is 4.22. The molecule has 2 unspecified atom stereocenters. The van der Waals surface area contributed by atoms with E-state index < -0.39 is 28.5 Å². The van der Waals surface area contributed by atoms with Crippen molar-refractivity contribution in [2.75, 3.05) is 10.8 Å². The molecule has 3 aromatic rings. The quantitative estimate of drug-likeness (QED) is 0.314. The molecule has 1 N–H and O–H groups in total. The van der Waals surface area contributed by atoms with Crippen molar-refractivity contribution in [3.8, 4) is 0 Å². The van der Waals surface area contributed by atoms with E-state index >= 15 is 0 Å². The van der Waals surface area contributed by atoms with Crippen molar-refractivity contribution in [1.29, 1.82) is 0 Å². The Labute approximate surface area is 239 Å². The second-order valence-corrected chi connectivity index (χ2v) is 12.3. The minimum atomic E-state index is -4.08. The molecular formula is C32H41N3O4S. The molecule has 0 aromatic heterocycles. The topological polar surface area (TPSA) is 86.8 Å². The van der Waals surface area contributed by atoms with Gasteiger partial charge in [0.15, 0.2) is 0 Å². The monoisotopic (exact) mass is 563 g/mol. The smallest absolute Gasteiger partial charge is 0.264 e. The van der Waals surface area contributed by atoms with Gasteiger partial charge in [-0.25, -0.2) is 8.42 Å². The first-order valence-electron chi connectivity index (χ1n) is 13.8. The predicted molar refractivity (Wildman–Crippen MR) is 161 cm³/mol. The molecule has 0 aliphatic rings. The van der Waals surface area contributed by atoms with Crippen LogP contribution in [-0.4, -0.2) is 43.8 Å². The lowest BCUT2D eigenvalue weighted by Gasteiger charge is -2.33. The van der Waals surface area contributed by atoms with E-state index in [2.05, 4.69) is 5.32 Å². The Bertz CT molecular complexity index is 1390. The number of rotatable bonds is 12. The maximum Gasteiger partial charge on any atom is 0.264 e. The highest BCUT2D eigenvalue weighted by molar-refractivity contribution is 7.92. The van der Waals surface area contributed by atoms with E-state index in [1.54, 1.807) is 36.4 Å². The summed E-state index contributed by atoms with van der Waals surface area (Å²) in [5.74, 6) is -0.705. The van der Waals surface area contributed by atoms with Crippen molar-refractivity contribution >= 4 is 27.5 Å². The zero-order chi connectivity index (χ0) is 29.4. The van der Waals surface area contributed by atoms with Gasteiger partial charge in [0, 0.05) is 12.6 Å². The van der Waals surface area contributed by atoms with Gasteiger partial charge in [0.05, 0.1) is 10.6 Å². The highest BCUT2D eigenvalue weighted by atomic mass is 32.2. The van der Waals surface area contributed by atoms with Crippen molar-refractivity contribution in [2.45, 2.75) is 77.9 Å². The molecule has 7 nitrogen and oxygen atoms in total. The van der Waals surface area contributed by atoms with E-state index in [0.29, 0.717) is 12.1 Å². The van der Waals surface area contributed by atoms with Crippen molar-refractivity contribution in [1.82, 2.24) is 10.2 Å². The molecular weight excluding hydrogens is 522 g/mol. The fourth-order valence-electron chi connectivity index (χ4n) is 4.33. The van der Waals surface area contributed by atoms with Crippen LogP contribution in [0.1, 0.15) is 55.9 Å². The minimum Gasteiger partial charge on any atom is -0.352 e. The number of hydrogen-bond donors (Lipinski definition) is 1. The summed E-state index contributed by atoms with van der Waals surface area (Å²) in [7, 11) is -4.08. The summed E-state index contributed by atoms with van der Waals surface area (Å²) >= 11 is 0. The number of nitrogens with one attached hydrogen (secondary N) is 1. The van der Waals surface area contributed by atoms with Crippen LogP contribution in [0.3, 0.4) is 0 Å². The van der Waals surface area contributed by atoms with E-state index in [9.17, 15) is 18.0 Å². The Hall–Kier alpha value is -3.65. The van der Waals surface area contributed by atoms with Gasteiger partial charge in [-0.05, 0) is 70.4 Å². The number of aryl methyl sites for hydroxylation is 3. The van der Waals surface area contributed by atoms with Gasteiger partial charge in [-0.3, -0.25) is 13.9 Å². The second kappa shape index (κ2) is 13.6. The molecule has 3 aromatic carbocycles. The normalized spacial score (nSPS) is 12.8. The van der Waals surface area contributed by atoms with Crippen LogP contribution in [-0.2, 0) is 26.2 Å². The number of amides is 2. The third-order valence-corrected chi connectivity index (χ3v) is 8.86. The van der Waals surface area contributed by atoms with E-state index in [4.69, 9.17) is 0 Å². The lowest BCUT2D eigenvalue weighted by atomic mass is 10.1. The molecule has 2 amide bonds. The summed E-state index contributed by atoms with van der Waals surface area (Å²) in [5, 5.41) is 3.00. The number of anilines is 1. The van der Waals surface area contributed by atoms with Crippen LogP contribution >= 0.6 is 0 Å². The van der Waals surface area contributed by atoms with Gasteiger partial charge in [-0.15, -0.1) is 0 Å². The van der Waals surface area contributed by atoms with Crippen molar-refractivity contribution in [3.05, 3.63) is 95.1 Å². The Balaban J connectivity index is 2.04. The molecule has 214 valence electrons. The fourth-order valence-corrected chi connectivity index (χ4v) is 5.74. The number of carbonyl (C=O) groups is 2. The van der Waals surface area contributed by atoms with Crippen LogP contribution < -0.4 is 9.62 Å². The molecule has 0 spiro atoms. The lowest BCUT2D eigenvalue weighted by Crippen LogP contribution is -2.53. The minimum absolute atomic E-state index is 0.0520. The van der Waals surface area contributed by atoms with Gasteiger partial charge < -0.3 is 10.2 Å². The van der Waals surface area contributed by atoms with Gasteiger partial charge in [0.2, 0.25) is 11.8 Å². The molecule has 0 fully saturated rings. The molecule has 0 heterocycles. The van der Waals surface area contributed by atoms with Gasteiger partial charge in [-0.1, -0.05) is 79.1 Å². The summed E-state index contributed by atoms with van der Waals surface area (Å²) in [6, 6.07) is 20.6. The molecule has 8 heteroatoms. The Morgan fingerprint density at radius 1 is 0.775 bits per heavy atom. The van der Waals surface area contributed by atoms with E-state index in [-0.39, 0.29) is 23.4 Å². The van der Waals surface area contributed by atoms with Gasteiger partial charge in [0.1, 0.15) is 12.6 Å². The molecule has 0 saturated carbocycles. The van der Waals surface area contributed by atoms with E-state index in [1.807, 2.05) is 77.9 Å². The lowest BCUT2D eigenvalue weighted by molar-refractivity contribution is -0.140. The molecule has 0 aliphatic heterocycles. The molecule has 0 radical (unpaired) electrons. The fraction of sp³-hybridized carbons (Fsp3) is 0.375. The van der Waals surface area contributed by atoms with Crippen LogP contribution in [0.5, 0.6) is 0 Å². The first-order valence-corrected chi connectivity index (χ1v) is 15.2. The summed E-state index contributed by atoms with van der Waals surface area (Å²) in [6.07, 6.45) is 1.14. The van der Waals surface area contributed by atoms with Crippen LogP contribution in [0.15, 0.2) is 77.7 Å². The Morgan fingerprint density at radius 3 is 1.77 bits per heavy atom. The van der Waals surface area contributed by atoms with Crippen LogP contribution in [0.25, 0.3) is 0 Å². The zero-order valence-electron chi connectivity index (χ0n) is 24.3. The highest BCUT2D eigenvalue weighted by Crippen LogP contribution is 2.25. The number of carbonyl (C=O) groups excluding carboxylic acids is 2. The number of hydrogen-bond acceptors (Lipinski definition) is 4.